The summed E-state index contributed by atoms with van der Waals surface area (Å²) in [7, 11) is 1.65. The van der Waals surface area contributed by atoms with E-state index in [1.807, 2.05) is 13.0 Å². The Morgan fingerprint density at radius 1 is 1.33 bits per heavy atom. The summed E-state index contributed by atoms with van der Waals surface area (Å²) in [6, 6.07) is 5.17. The lowest BCUT2D eigenvalue weighted by molar-refractivity contribution is -0.118. The summed E-state index contributed by atoms with van der Waals surface area (Å²) >= 11 is 0. The Morgan fingerprint density at radius 2 is 2.10 bits per heavy atom. The summed E-state index contributed by atoms with van der Waals surface area (Å²) in [5.74, 6) is -0.183. The lowest BCUT2D eigenvalue weighted by Gasteiger charge is -2.13. The zero-order valence-electron chi connectivity index (χ0n) is 12.5. The van der Waals surface area contributed by atoms with Crippen LogP contribution >= 0.6 is 0 Å². The molecule has 1 fully saturated rings. The fraction of sp³-hybridized carbons (Fsp3) is 0.467. The van der Waals surface area contributed by atoms with E-state index in [9.17, 15) is 9.59 Å². The minimum Gasteiger partial charge on any atom is -0.380 e. The van der Waals surface area contributed by atoms with Crippen LogP contribution in [0.5, 0.6) is 0 Å². The van der Waals surface area contributed by atoms with Gasteiger partial charge in [0.05, 0.1) is 12.1 Å². The molecule has 0 saturated carbocycles. The molecule has 2 atom stereocenters. The number of anilines is 2. The molecule has 0 radical (unpaired) electrons. The van der Waals surface area contributed by atoms with E-state index in [0.717, 1.165) is 11.3 Å². The van der Waals surface area contributed by atoms with Crippen LogP contribution < -0.4 is 16.0 Å². The highest BCUT2D eigenvalue weighted by Gasteiger charge is 2.29. The van der Waals surface area contributed by atoms with Gasteiger partial charge in [-0.15, -0.1) is 0 Å². The van der Waals surface area contributed by atoms with Crippen molar-refractivity contribution in [3.8, 4) is 0 Å². The average molecular weight is 291 g/mol. The van der Waals surface area contributed by atoms with Gasteiger partial charge < -0.3 is 20.7 Å². The van der Waals surface area contributed by atoms with Gasteiger partial charge in [-0.05, 0) is 37.1 Å². The van der Waals surface area contributed by atoms with Crippen molar-refractivity contribution in [3.63, 3.8) is 0 Å². The highest BCUT2D eigenvalue weighted by atomic mass is 16.5. The predicted molar refractivity (Wildman–Crippen MR) is 81.3 cm³/mol. The Labute approximate surface area is 124 Å². The first-order chi connectivity index (χ1) is 9.99. The first-order valence-electron chi connectivity index (χ1n) is 6.95. The predicted octanol–water partition coefficient (Wildman–Crippen LogP) is 1.27. The SMILES string of the molecule is COC1CNC(C(=O)Nc2ccc(NC(C)=O)c(C)c2)C1. The maximum Gasteiger partial charge on any atom is 0.241 e. The second-order valence-corrected chi connectivity index (χ2v) is 5.25. The summed E-state index contributed by atoms with van der Waals surface area (Å²) in [4.78, 5) is 23.2. The van der Waals surface area contributed by atoms with Gasteiger partial charge in [0.1, 0.15) is 0 Å². The monoisotopic (exact) mass is 291 g/mol. The molecule has 2 rings (SSSR count). The van der Waals surface area contributed by atoms with Gasteiger partial charge in [0.15, 0.2) is 0 Å². The topological polar surface area (TPSA) is 79.5 Å². The molecule has 0 spiro atoms. The standard InChI is InChI=1S/C15H21N3O3/c1-9-6-11(4-5-13(9)17-10(2)19)18-15(20)14-7-12(21-3)8-16-14/h4-6,12,14,16H,7-8H2,1-3H3,(H,17,19)(H,18,20). The van der Waals surface area contributed by atoms with Gasteiger partial charge in [0.25, 0.3) is 0 Å². The molecule has 1 heterocycles. The molecule has 1 aromatic rings. The van der Waals surface area contributed by atoms with Crippen molar-refractivity contribution in [2.75, 3.05) is 24.3 Å². The first-order valence-corrected chi connectivity index (χ1v) is 6.95. The van der Waals surface area contributed by atoms with E-state index in [0.29, 0.717) is 18.7 Å². The third kappa shape index (κ3) is 4.03. The minimum atomic E-state index is -0.231. The van der Waals surface area contributed by atoms with Crippen molar-refractivity contribution in [1.82, 2.24) is 5.32 Å². The molecule has 21 heavy (non-hydrogen) atoms. The third-order valence-electron chi connectivity index (χ3n) is 3.54. The summed E-state index contributed by atoms with van der Waals surface area (Å²) in [6.07, 6.45) is 0.760. The van der Waals surface area contributed by atoms with Gasteiger partial charge in [-0.25, -0.2) is 0 Å². The maximum absolute atomic E-state index is 12.2. The molecule has 1 aliphatic rings. The summed E-state index contributed by atoms with van der Waals surface area (Å²) < 4.78 is 5.23. The van der Waals surface area contributed by atoms with Crippen molar-refractivity contribution in [3.05, 3.63) is 23.8 Å². The number of hydrogen-bond acceptors (Lipinski definition) is 4. The Hall–Kier alpha value is -1.92. The molecule has 1 aliphatic heterocycles. The van der Waals surface area contributed by atoms with E-state index in [4.69, 9.17) is 4.74 Å². The molecule has 1 saturated heterocycles. The third-order valence-corrected chi connectivity index (χ3v) is 3.54. The highest BCUT2D eigenvalue weighted by Crippen LogP contribution is 2.20. The lowest BCUT2D eigenvalue weighted by Crippen LogP contribution is -2.35. The van der Waals surface area contributed by atoms with Crippen molar-refractivity contribution >= 4 is 23.2 Å². The molecule has 0 bridgehead atoms. The van der Waals surface area contributed by atoms with Crippen LogP contribution in [0.4, 0.5) is 11.4 Å². The van der Waals surface area contributed by atoms with Gasteiger partial charge in [0.2, 0.25) is 11.8 Å². The van der Waals surface area contributed by atoms with Gasteiger partial charge in [-0.1, -0.05) is 0 Å². The first kappa shape index (κ1) is 15.5. The molecular formula is C15H21N3O3. The normalized spacial score (nSPS) is 21.1. The van der Waals surface area contributed by atoms with Crippen molar-refractivity contribution in [2.45, 2.75) is 32.4 Å². The van der Waals surface area contributed by atoms with E-state index in [1.54, 1.807) is 19.2 Å². The molecule has 0 aliphatic carbocycles. The number of hydrogen-bond donors (Lipinski definition) is 3. The smallest absolute Gasteiger partial charge is 0.241 e. The molecule has 3 N–H and O–H groups in total. The summed E-state index contributed by atoms with van der Waals surface area (Å²) in [5, 5.41) is 8.76. The zero-order chi connectivity index (χ0) is 15.4. The van der Waals surface area contributed by atoms with Crippen molar-refractivity contribution in [2.24, 2.45) is 0 Å². The van der Waals surface area contributed by atoms with Crippen LogP contribution in [0.3, 0.4) is 0 Å². The fourth-order valence-corrected chi connectivity index (χ4v) is 2.38. The molecule has 2 amide bonds. The van der Waals surface area contributed by atoms with Gasteiger partial charge in [0, 0.05) is 32.0 Å². The van der Waals surface area contributed by atoms with Crippen molar-refractivity contribution < 1.29 is 14.3 Å². The second-order valence-electron chi connectivity index (χ2n) is 5.25. The minimum absolute atomic E-state index is 0.0683. The van der Waals surface area contributed by atoms with Crippen LogP contribution in [0.1, 0.15) is 18.9 Å². The molecule has 6 heteroatoms. The van der Waals surface area contributed by atoms with E-state index in [-0.39, 0.29) is 24.0 Å². The molecule has 6 nitrogen and oxygen atoms in total. The number of carbonyl (C=O) groups excluding carboxylic acids is 2. The van der Waals surface area contributed by atoms with E-state index in [1.165, 1.54) is 6.92 Å². The molecule has 114 valence electrons. The molecule has 0 aromatic heterocycles. The fourth-order valence-electron chi connectivity index (χ4n) is 2.38. The lowest BCUT2D eigenvalue weighted by atomic mass is 10.1. The summed E-state index contributed by atoms with van der Waals surface area (Å²) in [6.45, 7) is 4.04. The van der Waals surface area contributed by atoms with E-state index < -0.39 is 0 Å². The van der Waals surface area contributed by atoms with Crippen LogP contribution in [-0.2, 0) is 14.3 Å². The maximum atomic E-state index is 12.2. The van der Waals surface area contributed by atoms with Gasteiger partial charge in [-0.3, -0.25) is 9.59 Å². The van der Waals surface area contributed by atoms with Crippen LogP contribution in [0.2, 0.25) is 0 Å². The highest BCUT2D eigenvalue weighted by molar-refractivity contribution is 5.96. The Kier molecular flexibility index (Phi) is 4.93. The Bertz CT molecular complexity index is 545. The van der Waals surface area contributed by atoms with E-state index >= 15 is 0 Å². The quantitative estimate of drug-likeness (QED) is 0.780. The number of aryl methyl sites for hydroxylation is 1. The number of nitrogens with one attached hydrogen (secondary N) is 3. The molecule has 2 unspecified atom stereocenters. The number of methoxy groups -OCH3 is 1. The van der Waals surface area contributed by atoms with Crippen LogP contribution in [0, 0.1) is 6.92 Å². The second kappa shape index (κ2) is 6.69. The molecular weight excluding hydrogens is 270 g/mol. The Balaban J connectivity index is 1.98. The van der Waals surface area contributed by atoms with Crippen molar-refractivity contribution in [1.29, 1.82) is 0 Å². The number of benzene rings is 1. The Morgan fingerprint density at radius 3 is 2.67 bits per heavy atom. The van der Waals surface area contributed by atoms with Crippen LogP contribution in [-0.4, -0.2) is 37.6 Å². The van der Waals surface area contributed by atoms with E-state index in [2.05, 4.69) is 16.0 Å². The zero-order valence-corrected chi connectivity index (χ0v) is 12.5. The van der Waals surface area contributed by atoms with Crippen LogP contribution in [0.25, 0.3) is 0 Å². The van der Waals surface area contributed by atoms with Crippen LogP contribution in [0.15, 0.2) is 18.2 Å². The van der Waals surface area contributed by atoms with Gasteiger partial charge >= 0.3 is 0 Å². The average Bonchev–Trinajstić information content (AvgIpc) is 2.90. The number of carbonyl (C=O) groups is 2. The number of ether oxygens (including phenoxy) is 1. The number of rotatable bonds is 4. The molecule has 1 aromatic carbocycles. The van der Waals surface area contributed by atoms with Gasteiger partial charge in [-0.2, -0.15) is 0 Å². The summed E-state index contributed by atoms with van der Waals surface area (Å²) in [5.41, 5.74) is 2.37. The number of amides is 2. The largest absolute Gasteiger partial charge is 0.380 e.